The van der Waals surface area contributed by atoms with Crippen LogP contribution in [0.2, 0.25) is 0 Å². The smallest absolute Gasteiger partial charge is 0.416 e. The number of carboxylic acid groups (broad SMARTS) is 1. The quantitative estimate of drug-likeness (QED) is 0.277. The molecule has 0 radical (unpaired) electrons. The van der Waals surface area contributed by atoms with Gasteiger partial charge in [0.2, 0.25) is 0 Å². The van der Waals surface area contributed by atoms with Gasteiger partial charge in [-0.1, -0.05) is 12.0 Å². The highest BCUT2D eigenvalue weighted by Gasteiger charge is 2.42. The van der Waals surface area contributed by atoms with Gasteiger partial charge in [0.25, 0.3) is 5.95 Å². The van der Waals surface area contributed by atoms with Crippen molar-refractivity contribution in [3.8, 4) is 6.07 Å². The molecule has 2 atom stereocenters. The fourth-order valence-electron chi connectivity index (χ4n) is 5.03. The van der Waals surface area contributed by atoms with Gasteiger partial charge in [-0.15, -0.1) is 5.10 Å². The summed E-state index contributed by atoms with van der Waals surface area (Å²) in [5.74, 6) is -0.374. The highest BCUT2D eigenvalue weighted by atomic mass is 19.4. The van der Waals surface area contributed by atoms with E-state index in [1.165, 1.54) is 0 Å². The predicted octanol–water partition coefficient (Wildman–Crippen LogP) is 7.06. The summed E-state index contributed by atoms with van der Waals surface area (Å²) >= 11 is 0. The predicted molar refractivity (Wildman–Crippen MR) is 134 cm³/mol. The summed E-state index contributed by atoms with van der Waals surface area (Å²) in [6.45, 7) is 0.750. The van der Waals surface area contributed by atoms with Gasteiger partial charge in [0.1, 0.15) is 0 Å². The van der Waals surface area contributed by atoms with Crippen LogP contribution in [-0.4, -0.2) is 37.4 Å². The topological polar surface area (TPSA) is 111 Å². The molecule has 0 aliphatic carbocycles. The molecule has 18 heteroatoms. The maximum atomic E-state index is 13.8. The number of anilines is 2. The second kappa shape index (κ2) is 11.8. The summed E-state index contributed by atoms with van der Waals surface area (Å²) in [5.41, 5.74) is -5.29. The van der Waals surface area contributed by atoms with Crippen molar-refractivity contribution in [1.29, 1.82) is 5.26 Å². The van der Waals surface area contributed by atoms with Crippen LogP contribution < -0.4 is 9.80 Å². The molecule has 0 saturated carbocycles. The number of hydrogen-bond acceptors (Lipinski definition) is 6. The molecule has 44 heavy (non-hydrogen) atoms. The Morgan fingerprint density at radius 1 is 1.00 bits per heavy atom. The molecule has 0 fully saturated rings. The molecule has 0 spiro atoms. The Balaban J connectivity index is 1.94. The van der Waals surface area contributed by atoms with E-state index in [0.717, 1.165) is 20.7 Å². The molecule has 2 heterocycles. The fourth-order valence-corrected chi connectivity index (χ4v) is 5.03. The van der Waals surface area contributed by atoms with Crippen LogP contribution in [-0.2, 0) is 31.6 Å². The number of alkyl halides is 9. The molecule has 3 aromatic rings. The number of aromatic nitrogens is 4. The molecule has 9 nitrogen and oxygen atoms in total. The van der Waals surface area contributed by atoms with Crippen molar-refractivity contribution < 1.29 is 49.4 Å². The molecular formula is C26H22F9N7O2. The maximum Gasteiger partial charge on any atom is 0.416 e. The van der Waals surface area contributed by atoms with E-state index in [4.69, 9.17) is 5.26 Å². The molecule has 236 valence electrons. The Kier molecular flexibility index (Phi) is 8.71. The lowest BCUT2D eigenvalue weighted by Crippen LogP contribution is -2.47. The summed E-state index contributed by atoms with van der Waals surface area (Å²) in [6, 6.07) is 2.91. The van der Waals surface area contributed by atoms with Crippen LogP contribution in [0, 0.1) is 11.3 Å². The van der Waals surface area contributed by atoms with Crippen LogP contribution in [0.25, 0.3) is 0 Å². The van der Waals surface area contributed by atoms with Crippen LogP contribution >= 0.6 is 0 Å². The van der Waals surface area contributed by atoms with Crippen LogP contribution in [0.15, 0.2) is 36.4 Å². The number of amides is 1. The lowest BCUT2D eigenvalue weighted by Gasteiger charge is -2.43. The van der Waals surface area contributed by atoms with E-state index >= 15 is 0 Å². The molecule has 1 aromatic heterocycles. The molecule has 1 amide bonds. The molecule has 0 unspecified atom stereocenters. The Bertz CT molecular complexity index is 1530. The van der Waals surface area contributed by atoms with E-state index in [2.05, 4.69) is 15.4 Å². The molecule has 1 aliphatic rings. The first kappa shape index (κ1) is 32.4. The van der Waals surface area contributed by atoms with Crippen LogP contribution in [0.4, 0.5) is 55.9 Å². The van der Waals surface area contributed by atoms with Crippen LogP contribution in [0.5, 0.6) is 0 Å². The summed E-state index contributed by atoms with van der Waals surface area (Å²) in [7, 11) is 0. The lowest BCUT2D eigenvalue weighted by atomic mass is 9.87. The van der Waals surface area contributed by atoms with Crippen molar-refractivity contribution in [3.05, 3.63) is 64.2 Å². The monoisotopic (exact) mass is 635 g/mol. The SMILES string of the molecule is CC[C@@H]1C[C@H](N(Cc2cc(C(F)(F)F)cc(C(F)(F)F)c2)c2nnn(CCC#N)n2)c2cc(C(F)(F)F)ccc2N1C(=O)O. The second-order valence-electron chi connectivity index (χ2n) is 9.87. The molecule has 1 N–H and O–H groups in total. The van der Waals surface area contributed by atoms with E-state index in [1.807, 2.05) is 6.07 Å². The van der Waals surface area contributed by atoms with Crippen molar-refractivity contribution in [2.45, 2.75) is 69.9 Å². The summed E-state index contributed by atoms with van der Waals surface area (Å²) in [6.07, 6.45) is -16.9. The van der Waals surface area contributed by atoms with Gasteiger partial charge in [-0.05, 0) is 65.6 Å². The largest absolute Gasteiger partial charge is 0.465 e. The highest BCUT2D eigenvalue weighted by molar-refractivity contribution is 5.89. The number of carbonyl (C=O) groups is 1. The zero-order chi connectivity index (χ0) is 32.6. The zero-order valence-corrected chi connectivity index (χ0v) is 22.5. The minimum Gasteiger partial charge on any atom is -0.465 e. The van der Waals surface area contributed by atoms with Gasteiger partial charge in [0.15, 0.2) is 0 Å². The van der Waals surface area contributed by atoms with Crippen molar-refractivity contribution in [1.82, 2.24) is 20.2 Å². The Hall–Kier alpha value is -4.56. The number of benzene rings is 2. The average Bonchev–Trinajstić information content (AvgIpc) is 3.40. The molecule has 1 aliphatic heterocycles. The van der Waals surface area contributed by atoms with Crippen LogP contribution in [0.1, 0.15) is 60.0 Å². The molecule has 4 rings (SSSR count). The minimum atomic E-state index is -5.17. The third-order valence-electron chi connectivity index (χ3n) is 7.01. The minimum absolute atomic E-state index is 0.0619. The molecule has 0 saturated heterocycles. The van der Waals surface area contributed by atoms with Gasteiger partial charge in [0, 0.05) is 12.6 Å². The van der Waals surface area contributed by atoms with Gasteiger partial charge in [-0.3, -0.25) is 4.90 Å². The summed E-state index contributed by atoms with van der Waals surface area (Å²) < 4.78 is 123. The number of tetrazole rings is 1. The van der Waals surface area contributed by atoms with E-state index in [0.29, 0.717) is 24.3 Å². The van der Waals surface area contributed by atoms with Gasteiger partial charge >= 0.3 is 24.6 Å². The Morgan fingerprint density at radius 3 is 2.14 bits per heavy atom. The number of fused-ring (bicyclic) bond motifs is 1. The standard InChI is InChI=1S/C26H22F9N7O2/c1-2-18-12-21(19-11-15(24(27,28)29)4-5-20(19)42(18)23(43)44)40(22-37-39-41(38-22)7-3-6-36)13-14-8-16(25(30,31)32)10-17(9-14)26(33,34)35/h4-5,8-11,18,21H,2-3,7,12-13H2,1H3,(H,43,44)/t18-,21+/m1/s1. The van der Waals surface area contributed by atoms with Crippen molar-refractivity contribution in [3.63, 3.8) is 0 Å². The highest BCUT2D eigenvalue weighted by Crippen LogP contribution is 2.46. The Morgan fingerprint density at radius 2 is 1.61 bits per heavy atom. The van der Waals surface area contributed by atoms with Crippen molar-refractivity contribution in [2.75, 3.05) is 9.80 Å². The number of nitrogens with zero attached hydrogens (tertiary/aromatic N) is 7. The first-order valence-electron chi connectivity index (χ1n) is 12.9. The number of nitriles is 1. The first-order chi connectivity index (χ1) is 20.4. The number of hydrogen-bond donors (Lipinski definition) is 1. The zero-order valence-electron chi connectivity index (χ0n) is 22.5. The van der Waals surface area contributed by atoms with E-state index in [1.54, 1.807) is 6.92 Å². The normalized spacial score (nSPS) is 17.2. The first-order valence-corrected chi connectivity index (χ1v) is 12.9. The van der Waals surface area contributed by atoms with Gasteiger partial charge in [-0.2, -0.15) is 49.6 Å². The van der Waals surface area contributed by atoms with Crippen LogP contribution in [0.3, 0.4) is 0 Å². The van der Waals surface area contributed by atoms with Gasteiger partial charge in [0.05, 0.1) is 47.5 Å². The third-order valence-corrected chi connectivity index (χ3v) is 7.01. The maximum absolute atomic E-state index is 13.8. The summed E-state index contributed by atoms with van der Waals surface area (Å²) in [5, 5.41) is 30.5. The van der Waals surface area contributed by atoms with E-state index in [9.17, 15) is 49.4 Å². The van der Waals surface area contributed by atoms with E-state index in [-0.39, 0.29) is 49.1 Å². The van der Waals surface area contributed by atoms with E-state index < -0.39 is 65.5 Å². The second-order valence-corrected chi connectivity index (χ2v) is 9.87. The average molecular weight is 635 g/mol. The van der Waals surface area contributed by atoms with Gasteiger partial charge in [-0.25, -0.2) is 4.79 Å². The number of aryl methyl sites for hydroxylation is 1. The third kappa shape index (κ3) is 6.81. The summed E-state index contributed by atoms with van der Waals surface area (Å²) in [4.78, 5) is 15.1. The number of halogens is 9. The fraction of sp³-hybridized carbons (Fsp3) is 0.423. The number of rotatable bonds is 7. The van der Waals surface area contributed by atoms with Crippen molar-refractivity contribution in [2.24, 2.45) is 0 Å². The molecular weight excluding hydrogens is 613 g/mol. The molecule has 0 bridgehead atoms. The van der Waals surface area contributed by atoms with Crippen molar-refractivity contribution >= 4 is 17.7 Å². The van der Waals surface area contributed by atoms with Gasteiger partial charge < -0.3 is 10.0 Å². The molecule has 2 aromatic carbocycles. The lowest BCUT2D eigenvalue weighted by molar-refractivity contribution is -0.143. The Labute approximate surface area is 243 Å².